The van der Waals surface area contributed by atoms with Crippen molar-refractivity contribution in [3.63, 3.8) is 0 Å². The molecule has 0 unspecified atom stereocenters. The molecule has 9 heteroatoms. The Hall–Kier alpha value is -1.48. The van der Waals surface area contributed by atoms with E-state index in [-0.39, 0.29) is 26.8 Å². The Kier molecular flexibility index (Phi) is 4.39. The summed E-state index contributed by atoms with van der Waals surface area (Å²) in [7, 11) is 1.51. The van der Waals surface area contributed by atoms with Gasteiger partial charge in [0.05, 0.1) is 11.3 Å². The first-order valence-electron chi connectivity index (χ1n) is 5.29. The first kappa shape index (κ1) is 14.9. The molecule has 1 heterocycles. The van der Waals surface area contributed by atoms with Gasteiger partial charge in [-0.15, -0.1) is 10.2 Å². The molecule has 0 fully saturated rings. The van der Waals surface area contributed by atoms with Crippen molar-refractivity contribution in [1.82, 2.24) is 14.8 Å². The maximum Gasteiger partial charge on any atom is 0.313 e. The third-order valence-corrected chi connectivity index (χ3v) is 3.85. The fourth-order valence-corrected chi connectivity index (χ4v) is 2.57. The van der Waals surface area contributed by atoms with Gasteiger partial charge >= 0.3 is 5.97 Å². The van der Waals surface area contributed by atoms with Crippen molar-refractivity contribution in [2.75, 3.05) is 5.75 Å². The van der Waals surface area contributed by atoms with Crippen LogP contribution in [-0.2, 0) is 11.8 Å². The molecule has 0 radical (unpaired) electrons. The third-order valence-electron chi connectivity index (χ3n) is 2.39. The molecule has 1 aromatic heterocycles. The topological polar surface area (TPSA) is 68.0 Å². The standard InChI is InChI=1S/C11H8BrF2N3O2S/c1-17-10(15-16-11(17)20-4-8(18)19)9-6(13)2-5(12)3-7(9)14/h2-3H,4H2,1H3,(H,18,19). The van der Waals surface area contributed by atoms with Crippen molar-refractivity contribution < 1.29 is 18.7 Å². The lowest BCUT2D eigenvalue weighted by Crippen LogP contribution is -2.02. The molecule has 2 rings (SSSR count). The smallest absolute Gasteiger partial charge is 0.313 e. The molecule has 20 heavy (non-hydrogen) atoms. The Balaban J connectivity index is 2.42. The number of aliphatic carboxylic acids is 1. The maximum absolute atomic E-state index is 13.8. The lowest BCUT2D eigenvalue weighted by molar-refractivity contribution is -0.133. The second-order valence-corrected chi connectivity index (χ2v) is 5.65. The highest BCUT2D eigenvalue weighted by Crippen LogP contribution is 2.29. The number of carboxylic acid groups (broad SMARTS) is 1. The van der Waals surface area contributed by atoms with Crippen LogP contribution >= 0.6 is 27.7 Å². The molecule has 1 N–H and O–H groups in total. The van der Waals surface area contributed by atoms with E-state index in [9.17, 15) is 13.6 Å². The van der Waals surface area contributed by atoms with Crippen molar-refractivity contribution in [2.45, 2.75) is 5.16 Å². The van der Waals surface area contributed by atoms with Crippen LogP contribution in [0.4, 0.5) is 8.78 Å². The van der Waals surface area contributed by atoms with Gasteiger partial charge in [0, 0.05) is 11.5 Å². The summed E-state index contributed by atoms with van der Waals surface area (Å²) in [6, 6.07) is 2.24. The van der Waals surface area contributed by atoms with Crippen molar-refractivity contribution in [3.05, 3.63) is 28.2 Å². The fraction of sp³-hybridized carbons (Fsp3) is 0.182. The molecule has 0 bridgehead atoms. The summed E-state index contributed by atoms with van der Waals surface area (Å²) in [6.45, 7) is 0. The van der Waals surface area contributed by atoms with Crippen molar-refractivity contribution in [1.29, 1.82) is 0 Å². The third kappa shape index (κ3) is 2.98. The molecule has 5 nitrogen and oxygen atoms in total. The first-order valence-corrected chi connectivity index (χ1v) is 7.07. The minimum Gasteiger partial charge on any atom is -0.481 e. The van der Waals surface area contributed by atoms with E-state index in [1.54, 1.807) is 0 Å². The van der Waals surface area contributed by atoms with Crippen molar-refractivity contribution in [3.8, 4) is 11.4 Å². The van der Waals surface area contributed by atoms with Crippen LogP contribution < -0.4 is 0 Å². The quantitative estimate of drug-likeness (QED) is 0.845. The zero-order chi connectivity index (χ0) is 14.9. The molecule has 1 aromatic carbocycles. The normalized spacial score (nSPS) is 10.8. The monoisotopic (exact) mass is 363 g/mol. The number of halogens is 3. The number of rotatable bonds is 4. The minimum absolute atomic E-state index is 0.000360. The van der Waals surface area contributed by atoms with Gasteiger partial charge in [-0.1, -0.05) is 27.7 Å². The van der Waals surface area contributed by atoms with Crippen LogP contribution in [0, 0.1) is 11.6 Å². The second kappa shape index (κ2) is 5.88. The summed E-state index contributed by atoms with van der Waals surface area (Å²) in [5, 5.41) is 16.3. The molecule has 0 amide bonds. The minimum atomic E-state index is -1.01. The van der Waals surface area contributed by atoms with Crippen LogP contribution in [0.1, 0.15) is 0 Å². The van der Waals surface area contributed by atoms with E-state index < -0.39 is 17.6 Å². The molecule has 0 atom stereocenters. The molecule has 0 saturated heterocycles. The lowest BCUT2D eigenvalue weighted by atomic mass is 10.2. The Labute approximate surface area is 125 Å². The van der Waals surface area contributed by atoms with Gasteiger partial charge in [0.25, 0.3) is 0 Å². The van der Waals surface area contributed by atoms with E-state index in [1.807, 2.05) is 0 Å². The molecular weight excluding hydrogens is 356 g/mol. The van der Waals surface area contributed by atoms with Gasteiger partial charge in [0.1, 0.15) is 11.6 Å². The zero-order valence-corrected chi connectivity index (χ0v) is 12.5. The predicted molar refractivity (Wildman–Crippen MR) is 72.4 cm³/mol. The van der Waals surface area contributed by atoms with Crippen LogP contribution in [0.5, 0.6) is 0 Å². The molecule has 0 saturated carbocycles. The maximum atomic E-state index is 13.8. The van der Waals surface area contributed by atoms with Gasteiger partial charge in [0.2, 0.25) is 0 Å². The molecule has 0 aliphatic rings. The Morgan fingerprint density at radius 1 is 1.40 bits per heavy atom. The number of hydrogen-bond acceptors (Lipinski definition) is 4. The SMILES string of the molecule is Cn1c(SCC(=O)O)nnc1-c1c(F)cc(Br)cc1F. The van der Waals surface area contributed by atoms with Crippen LogP contribution in [-0.4, -0.2) is 31.6 Å². The van der Waals surface area contributed by atoms with E-state index in [1.165, 1.54) is 11.6 Å². The molecule has 0 aliphatic heterocycles. The number of nitrogens with zero attached hydrogens (tertiary/aromatic N) is 3. The van der Waals surface area contributed by atoms with Gasteiger partial charge in [0.15, 0.2) is 11.0 Å². The Bertz CT molecular complexity index is 655. The van der Waals surface area contributed by atoms with Gasteiger partial charge in [-0.3, -0.25) is 4.79 Å². The summed E-state index contributed by atoms with van der Waals surface area (Å²) in [5.74, 6) is -2.78. The van der Waals surface area contributed by atoms with Gasteiger partial charge in [-0.2, -0.15) is 0 Å². The van der Waals surface area contributed by atoms with E-state index in [0.29, 0.717) is 0 Å². The fourth-order valence-electron chi connectivity index (χ4n) is 1.54. The van der Waals surface area contributed by atoms with Crippen molar-refractivity contribution >= 4 is 33.7 Å². The van der Waals surface area contributed by atoms with E-state index in [4.69, 9.17) is 5.11 Å². The number of carboxylic acids is 1. The lowest BCUT2D eigenvalue weighted by Gasteiger charge is -2.06. The second-order valence-electron chi connectivity index (χ2n) is 3.79. The molecule has 0 spiro atoms. The van der Waals surface area contributed by atoms with Crippen molar-refractivity contribution in [2.24, 2.45) is 7.05 Å². The molecular formula is C11H8BrF2N3O2S. The molecule has 106 valence electrons. The van der Waals surface area contributed by atoms with E-state index in [2.05, 4.69) is 26.1 Å². The summed E-state index contributed by atoms with van der Waals surface area (Å²) >= 11 is 3.91. The summed E-state index contributed by atoms with van der Waals surface area (Å²) in [6.07, 6.45) is 0. The number of hydrogen-bond donors (Lipinski definition) is 1. The van der Waals surface area contributed by atoms with E-state index >= 15 is 0 Å². The number of aromatic nitrogens is 3. The zero-order valence-electron chi connectivity index (χ0n) is 10.1. The highest BCUT2D eigenvalue weighted by Gasteiger charge is 2.20. The Morgan fingerprint density at radius 3 is 2.55 bits per heavy atom. The number of thioether (sulfide) groups is 1. The largest absolute Gasteiger partial charge is 0.481 e. The molecule has 2 aromatic rings. The van der Waals surface area contributed by atoms with Gasteiger partial charge < -0.3 is 9.67 Å². The summed E-state index contributed by atoms with van der Waals surface area (Å²) in [5.41, 5.74) is -0.301. The average molecular weight is 364 g/mol. The van der Waals surface area contributed by atoms with E-state index in [0.717, 1.165) is 23.9 Å². The predicted octanol–water partition coefficient (Wildman–Crippen LogP) is 2.70. The number of benzene rings is 1. The summed E-state index contributed by atoms with van der Waals surface area (Å²) in [4.78, 5) is 10.5. The van der Waals surface area contributed by atoms with Crippen LogP contribution in [0.2, 0.25) is 0 Å². The van der Waals surface area contributed by atoms with Gasteiger partial charge in [-0.05, 0) is 12.1 Å². The first-order chi connectivity index (χ1) is 9.40. The van der Waals surface area contributed by atoms with Crippen LogP contribution in [0.25, 0.3) is 11.4 Å². The number of carbonyl (C=O) groups is 1. The highest BCUT2D eigenvalue weighted by molar-refractivity contribution is 9.10. The Morgan fingerprint density at radius 2 is 2.00 bits per heavy atom. The van der Waals surface area contributed by atoms with Crippen LogP contribution in [0.15, 0.2) is 21.8 Å². The average Bonchev–Trinajstić information content (AvgIpc) is 2.67. The highest BCUT2D eigenvalue weighted by atomic mass is 79.9. The summed E-state index contributed by atoms with van der Waals surface area (Å²) < 4.78 is 29.3. The van der Waals surface area contributed by atoms with Gasteiger partial charge in [-0.25, -0.2) is 8.78 Å². The molecule has 0 aliphatic carbocycles. The van der Waals surface area contributed by atoms with Crippen LogP contribution in [0.3, 0.4) is 0 Å².